The molecule has 0 saturated heterocycles. The van der Waals surface area contributed by atoms with Gasteiger partial charge in [0.25, 0.3) is 0 Å². The van der Waals surface area contributed by atoms with Crippen molar-refractivity contribution in [1.29, 1.82) is 0 Å². The first-order valence-electron chi connectivity index (χ1n) is 13.2. The lowest BCUT2D eigenvalue weighted by Crippen LogP contribution is -2.46. The number of hydrogen-bond donors (Lipinski definition) is 3. The predicted octanol–water partition coefficient (Wildman–Crippen LogP) is 5.82. The second-order valence-electron chi connectivity index (χ2n) is 9.63. The van der Waals surface area contributed by atoms with Gasteiger partial charge in [-0.05, 0) is 51.9 Å². The minimum atomic E-state index is -1.42. The molecule has 208 valence electrons. The number of hydrogen-bond acceptors (Lipinski definition) is 5. The maximum Gasteiger partial charge on any atom is 0.305 e. The number of esters is 1. The fourth-order valence-corrected chi connectivity index (χ4v) is 3.07. The second kappa shape index (κ2) is 21.2. The van der Waals surface area contributed by atoms with E-state index >= 15 is 0 Å². The first-order valence-corrected chi connectivity index (χ1v) is 13.2. The highest BCUT2D eigenvalue weighted by Gasteiger charge is 2.34. The molecule has 1 amide bonds. The second-order valence-corrected chi connectivity index (χ2v) is 9.63. The largest absolute Gasteiger partial charge is 0.481 e. The summed E-state index contributed by atoms with van der Waals surface area (Å²) in [5, 5.41) is 21.2. The van der Waals surface area contributed by atoms with Crippen molar-refractivity contribution in [3.63, 3.8) is 0 Å². The van der Waals surface area contributed by atoms with Gasteiger partial charge >= 0.3 is 11.9 Å². The Balaban J connectivity index is 4.03. The molecule has 0 heterocycles. The monoisotopic (exact) mass is 517 g/mol. The van der Waals surface area contributed by atoms with E-state index in [0.29, 0.717) is 6.42 Å². The highest BCUT2D eigenvalue weighted by molar-refractivity contribution is 5.81. The fourth-order valence-electron chi connectivity index (χ4n) is 3.07. The highest BCUT2D eigenvalue weighted by atomic mass is 16.5. The van der Waals surface area contributed by atoms with Crippen LogP contribution in [0.5, 0.6) is 0 Å². The number of carboxylic acid groups (broad SMARTS) is 1. The summed E-state index contributed by atoms with van der Waals surface area (Å²) in [6.45, 7) is 7.32. The molecule has 0 aliphatic carbocycles. The molecule has 0 aromatic rings. The summed E-state index contributed by atoms with van der Waals surface area (Å²) in [5.74, 6) is -2.10. The number of carbonyl (C=O) groups is 3. The summed E-state index contributed by atoms with van der Waals surface area (Å²) in [5.41, 5.74) is 0.354. The molecule has 0 aromatic heterocycles. The molecule has 0 aliphatic rings. The van der Waals surface area contributed by atoms with Crippen LogP contribution in [0.3, 0.4) is 0 Å². The van der Waals surface area contributed by atoms with E-state index in [1.165, 1.54) is 5.57 Å². The van der Waals surface area contributed by atoms with Crippen LogP contribution in [0.4, 0.5) is 0 Å². The third-order valence-corrected chi connectivity index (χ3v) is 5.47. The number of aliphatic hydroxyl groups is 1. The van der Waals surface area contributed by atoms with E-state index in [2.05, 4.69) is 67.8 Å². The van der Waals surface area contributed by atoms with Crippen LogP contribution in [0.2, 0.25) is 0 Å². The first kappa shape index (κ1) is 34.1. The average molecular weight is 518 g/mol. The van der Waals surface area contributed by atoms with Gasteiger partial charge in [-0.2, -0.15) is 0 Å². The molecular weight excluding hydrogens is 470 g/mol. The van der Waals surface area contributed by atoms with E-state index < -0.39 is 23.4 Å². The molecule has 1 atom stereocenters. The summed E-state index contributed by atoms with van der Waals surface area (Å²) >= 11 is 0. The molecule has 0 spiro atoms. The summed E-state index contributed by atoms with van der Waals surface area (Å²) in [4.78, 5) is 34.5. The smallest absolute Gasteiger partial charge is 0.305 e. The molecule has 0 rings (SSSR count). The molecular formula is C30H47NO6. The van der Waals surface area contributed by atoms with Crippen molar-refractivity contribution < 1.29 is 29.3 Å². The Morgan fingerprint density at radius 1 is 0.919 bits per heavy atom. The maximum absolute atomic E-state index is 12.0. The van der Waals surface area contributed by atoms with E-state index in [4.69, 9.17) is 9.84 Å². The van der Waals surface area contributed by atoms with Crippen molar-refractivity contribution in [3.05, 3.63) is 60.3 Å². The molecule has 0 fully saturated rings. The first-order chi connectivity index (χ1) is 17.6. The Morgan fingerprint density at radius 3 is 2.22 bits per heavy atom. The number of amides is 1. The van der Waals surface area contributed by atoms with Crippen LogP contribution >= 0.6 is 0 Å². The minimum absolute atomic E-state index is 0.0729. The SMILES string of the molecule is CCC=CCC=CCC=C(C)CC=CCC=CCCCC(=O)OCC(C)(C)C(O)C(=O)NCCC(=O)O. The van der Waals surface area contributed by atoms with Crippen molar-refractivity contribution in [2.75, 3.05) is 13.2 Å². The molecule has 0 aliphatic heterocycles. The molecule has 7 heteroatoms. The molecule has 1 unspecified atom stereocenters. The van der Waals surface area contributed by atoms with Gasteiger partial charge in [-0.3, -0.25) is 14.4 Å². The van der Waals surface area contributed by atoms with Crippen molar-refractivity contribution in [2.45, 2.75) is 91.6 Å². The number of aliphatic carboxylic acids is 1. The number of unbranched alkanes of at least 4 members (excludes halogenated alkanes) is 1. The normalized spacial score (nSPS) is 13.7. The van der Waals surface area contributed by atoms with Crippen LogP contribution in [0.1, 0.15) is 85.5 Å². The zero-order valence-corrected chi connectivity index (χ0v) is 23.1. The Labute approximate surface area is 223 Å². The van der Waals surface area contributed by atoms with Crippen LogP contribution in [-0.4, -0.2) is 47.3 Å². The lowest BCUT2D eigenvalue weighted by atomic mass is 9.87. The van der Waals surface area contributed by atoms with Gasteiger partial charge < -0.3 is 20.3 Å². The van der Waals surface area contributed by atoms with Gasteiger partial charge in [-0.1, -0.05) is 81.0 Å². The van der Waals surface area contributed by atoms with Gasteiger partial charge in [0.05, 0.1) is 13.0 Å². The molecule has 0 saturated carbocycles. The average Bonchev–Trinajstić information content (AvgIpc) is 2.85. The van der Waals surface area contributed by atoms with Crippen molar-refractivity contribution in [1.82, 2.24) is 5.32 Å². The number of carboxylic acids is 1. The van der Waals surface area contributed by atoms with E-state index in [1.807, 2.05) is 6.08 Å². The molecule has 3 N–H and O–H groups in total. The molecule has 7 nitrogen and oxygen atoms in total. The van der Waals surface area contributed by atoms with Gasteiger partial charge in [0.15, 0.2) is 0 Å². The zero-order valence-electron chi connectivity index (χ0n) is 23.1. The van der Waals surface area contributed by atoms with Crippen LogP contribution < -0.4 is 5.32 Å². The third-order valence-electron chi connectivity index (χ3n) is 5.47. The van der Waals surface area contributed by atoms with Gasteiger partial charge in [-0.15, -0.1) is 0 Å². The summed E-state index contributed by atoms with van der Waals surface area (Å²) in [6, 6.07) is 0. The van der Waals surface area contributed by atoms with Gasteiger partial charge in [0.2, 0.25) is 5.91 Å². The fraction of sp³-hybridized carbons (Fsp3) is 0.567. The lowest BCUT2D eigenvalue weighted by Gasteiger charge is -2.28. The number of nitrogens with one attached hydrogen (secondary N) is 1. The van der Waals surface area contributed by atoms with Crippen molar-refractivity contribution in [2.24, 2.45) is 5.41 Å². The Hall–Kier alpha value is -2.93. The Kier molecular flexibility index (Phi) is 19.5. The van der Waals surface area contributed by atoms with Crippen molar-refractivity contribution >= 4 is 17.8 Å². The van der Waals surface area contributed by atoms with E-state index in [9.17, 15) is 19.5 Å². The topological polar surface area (TPSA) is 113 Å². The number of rotatable bonds is 20. The van der Waals surface area contributed by atoms with Crippen LogP contribution in [-0.2, 0) is 19.1 Å². The van der Waals surface area contributed by atoms with E-state index in [1.54, 1.807) is 13.8 Å². The maximum atomic E-state index is 12.0. The summed E-state index contributed by atoms with van der Waals surface area (Å²) < 4.78 is 5.24. The summed E-state index contributed by atoms with van der Waals surface area (Å²) in [7, 11) is 0. The van der Waals surface area contributed by atoms with Gasteiger partial charge in [0, 0.05) is 18.4 Å². The third kappa shape index (κ3) is 19.9. The van der Waals surface area contributed by atoms with Crippen molar-refractivity contribution in [3.8, 4) is 0 Å². The molecule has 0 aromatic carbocycles. The molecule has 37 heavy (non-hydrogen) atoms. The quantitative estimate of drug-likeness (QED) is 0.107. The predicted molar refractivity (Wildman–Crippen MR) is 149 cm³/mol. The van der Waals surface area contributed by atoms with Gasteiger partial charge in [0.1, 0.15) is 6.10 Å². The summed E-state index contributed by atoms with van der Waals surface area (Å²) in [6.07, 6.45) is 24.3. The van der Waals surface area contributed by atoms with E-state index in [-0.39, 0.29) is 32.0 Å². The van der Waals surface area contributed by atoms with Crippen LogP contribution in [0, 0.1) is 5.41 Å². The standard InChI is InChI=1S/C30H47NO6/c1-5-6-7-8-10-13-16-19-25(2)20-17-14-11-9-12-15-18-21-27(34)37-24-30(3,4)28(35)29(36)31-23-22-26(32)33/h6-7,9-10,12-14,17,19,28,35H,5,8,11,15-16,18,20-24H2,1-4H3,(H,31,36)(H,32,33). The highest BCUT2D eigenvalue weighted by Crippen LogP contribution is 2.22. The number of carbonyl (C=O) groups excluding carboxylic acids is 2. The number of allylic oxidation sites excluding steroid dienone is 10. The van der Waals surface area contributed by atoms with Crippen LogP contribution in [0.25, 0.3) is 0 Å². The number of aliphatic hydroxyl groups excluding tert-OH is 1. The van der Waals surface area contributed by atoms with Crippen LogP contribution in [0.15, 0.2) is 60.3 Å². The number of ether oxygens (including phenoxy) is 1. The van der Waals surface area contributed by atoms with E-state index in [0.717, 1.165) is 38.5 Å². The molecule has 0 radical (unpaired) electrons. The minimum Gasteiger partial charge on any atom is -0.481 e. The Morgan fingerprint density at radius 2 is 1.54 bits per heavy atom. The zero-order chi connectivity index (χ0) is 27.9. The molecule has 0 bridgehead atoms. The van der Waals surface area contributed by atoms with Gasteiger partial charge in [-0.25, -0.2) is 0 Å². The lowest BCUT2D eigenvalue weighted by molar-refractivity contribution is -0.153. The Bertz CT molecular complexity index is 820.